The van der Waals surface area contributed by atoms with Gasteiger partial charge in [-0.1, -0.05) is 13.8 Å². The lowest BCUT2D eigenvalue weighted by molar-refractivity contribution is -0.274. The first-order valence-corrected chi connectivity index (χ1v) is 9.34. The van der Waals surface area contributed by atoms with E-state index in [1.54, 1.807) is 20.8 Å². The highest BCUT2D eigenvalue weighted by Crippen LogP contribution is 2.24. The molecule has 0 aromatic heterocycles. The van der Waals surface area contributed by atoms with Gasteiger partial charge in [0.1, 0.15) is 11.8 Å². The van der Waals surface area contributed by atoms with Crippen molar-refractivity contribution < 1.29 is 37.4 Å². The third-order valence-corrected chi connectivity index (χ3v) is 4.75. The number of alkyl halides is 3. The average molecular weight is 431 g/mol. The number of piperazine rings is 1. The average Bonchev–Trinajstić information content (AvgIpc) is 2.64. The zero-order valence-electron chi connectivity index (χ0n) is 16.8. The van der Waals surface area contributed by atoms with Crippen LogP contribution in [0.15, 0.2) is 24.3 Å². The van der Waals surface area contributed by atoms with Crippen molar-refractivity contribution >= 4 is 17.9 Å². The van der Waals surface area contributed by atoms with Gasteiger partial charge in [0.25, 0.3) is 5.91 Å². The topological polar surface area (TPSA) is 99.2 Å². The fourth-order valence-corrected chi connectivity index (χ4v) is 3.27. The number of rotatable bonds is 5. The van der Waals surface area contributed by atoms with Gasteiger partial charge in [0.05, 0.1) is 0 Å². The number of carbonyl (C=O) groups excluding carboxylic acids is 2. The zero-order valence-corrected chi connectivity index (χ0v) is 16.8. The fraction of sp³-hybridized carbons (Fsp3) is 0.526. The van der Waals surface area contributed by atoms with Crippen molar-refractivity contribution in [3.05, 3.63) is 29.8 Å². The number of hydrogen-bond donors (Lipinski definition) is 2. The molecule has 1 aromatic carbocycles. The van der Waals surface area contributed by atoms with Crippen LogP contribution in [0.4, 0.5) is 18.0 Å². The van der Waals surface area contributed by atoms with Crippen molar-refractivity contribution in [2.24, 2.45) is 5.92 Å². The zero-order chi connectivity index (χ0) is 22.6. The summed E-state index contributed by atoms with van der Waals surface area (Å²) < 4.78 is 40.6. The Hall–Kier alpha value is -2.98. The molecule has 0 bridgehead atoms. The van der Waals surface area contributed by atoms with Gasteiger partial charge in [-0.2, -0.15) is 0 Å². The van der Waals surface area contributed by atoms with Gasteiger partial charge in [0, 0.05) is 31.2 Å². The van der Waals surface area contributed by atoms with Crippen molar-refractivity contribution in [3.8, 4) is 5.75 Å². The van der Waals surface area contributed by atoms with E-state index in [2.05, 4.69) is 10.1 Å². The molecule has 2 rings (SSSR count). The summed E-state index contributed by atoms with van der Waals surface area (Å²) in [6, 6.07) is 3.38. The normalized spacial score (nSPS) is 18.2. The van der Waals surface area contributed by atoms with Crippen LogP contribution in [0, 0.1) is 5.92 Å². The number of hydrogen-bond acceptors (Lipinski definition) is 4. The number of carbonyl (C=O) groups is 3. The van der Waals surface area contributed by atoms with Crippen molar-refractivity contribution in [2.45, 2.75) is 39.2 Å². The van der Waals surface area contributed by atoms with Crippen LogP contribution in [0.1, 0.15) is 31.1 Å². The van der Waals surface area contributed by atoms with E-state index in [0.717, 1.165) is 12.1 Å². The lowest BCUT2D eigenvalue weighted by Gasteiger charge is -2.41. The molecular weight excluding hydrogens is 407 g/mol. The molecule has 0 spiro atoms. The summed E-state index contributed by atoms with van der Waals surface area (Å²) in [5.41, 5.74) is 0.198. The Balaban J connectivity index is 2.03. The molecule has 11 heteroatoms. The number of carboxylic acid groups (broad SMARTS) is 1. The third-order valence-electron chi connectivity index (χ3n) is 4.75. The number of benzene rings is 1. The highest BCUT2D eigenvalue weighted by atomic mass is 19.4. The Morgan fingerprint density at radius 2 is 1.77 bits per heavy atom. The van der Waals surface area contributed by atoms with E-state index in [-0.39, 0.29) is 49.0 Å². The Morgan fingerprint density at radius 1 is 1.17 bits per heavy atom. The molecule has 0 aliphatic carbocycles. The van der Waals surface area contributed by atoms with Gasteiger partial charge in [-0.05, 0) is 37.1 Å². The van der Waals surface area contributed by atoms with Gasteiger partial charge in [-0.25, -0.2) is 4.79 Å². The van der Waals surface area contributed by atoms with Gasteiger partial charge >= 0.3 is 12.5 Å². The first kappa shape index (κ1) is 23.3. The second-order valence-electron chi connectivity index (χ2n) is 7.38. The standard InChI is InChI=1S/C19H24F3N3O5/c1-11(2)15(23-18(28)29)17(27)24-8-9-25(12(3)10-24)16(26)13-4-6-14(7-5-13)30-19(20,21)22/h4-7,11-12,15,23H,8-10H2,1-3H3,(H,28,29)/t12-,15+/m1/s1. The SMILES string of the molecule is CC(C)[C@H](NC(=O)O)C(=O)N1CCN(C(=O)c2ccc(OC(F)(F)F)cc2)[C@H](C)C1. The van der Waals surface area contributed by atoms with Crippen LogP contribution >= 0.6 is 0 Å². The van der Waals surface area contributed by atoms with Crippen molar-refractivity contribution in [2.75, 3.05) is 19.6 Å². The van der Waals surface area contributed by atoms with E-state index in [1.165, 1.54) is 21.9 Å². The maximum atomic E-state index is 12.7. The molecule has 30 heavy (non-hydrogen) atoms. The van der Waals surface area contributed by atoms with Crippen LogP contribution in [0.3, 0.4) is 0 Å². The summed E-state index contributed by atoms with van der Waals surface area (Å²) >= 11 is 0. The Morgan fingerprint density at radius 3 is 2.23 bits per heavy atom. The van der Waals surface area contributed by atoms with Gasteiger partial charge in [0.2, 0.25) is 5.91 Å². The van der Waals surface area contributed by atoms with E-state index in [1.807, 2.05) is 0 Å². The minimum atomic E-state index is -4.81. The van der Waals surface area contributed by atoms with Crippen LogP contribution in [-0.4, -0.2) is 70.9 Å². The molecule has 8 nitrogen and oxygen atoms in total. The Bertz CT molecular complexity index is 783. The third kappa shape index (κ3) is 6.01. The van der Waals surface area contributed by atoms with Crippen LogP contribution < -0.4 is 10.1 Å². The smallest absolute Gasteiger partial charge is 0.465 e. The maximum absolute atomic E-state index is 12.7. The summed E-state index contributed by atoms with van der Waals surface area (Å²) in [7, 11) is 0. The quantitative estimate of drug-likeness (QED) is 0.747. The Labute approximate surface area is 171 Å². The van der Waals surface area contributed by atoms with Crippen molar-refractivity contribution in [3.63, 3.8) is 0 Å². The molecule has 0 saturated carbocycles. The van der Waals surface area contributed by atoms with Gasteiger partial charge in [-0.3, -0.25) is 9.59 Å². The van der Waals surface area contributed by atoms with E-state index in [9.17, 15) is 27.6 Å². The number of nitrogens with zero attached hydrogens (tertiary/aromatic N) is 2. The van der Waals surface area contributed by atoms with Crippen molar-refractivity contribution in [1.82, 2.24) is 15.1 Å². The molecule has 1 saturated heterocycles. The highest BCUT2D eigenvalue weighted by molar-refractivity contribution is 5.95. The molecule has 1 aromatic rings. The molecule has 2 atom stereocenters. The van der Waals surface area contributed by atoms with Gasteiger partial charge in [-0.15, -0.1) is 13.2 Å². The monoisotopic (exact) mass is 431 g/mol. The first-order chi connectivity index (χ1) is 13.9. The fourth-order valence-electron chi connectivity index (χ4n) is 3.27. The Kier molecular flexibility index (Phi) is 7.16. The summed E-state index contributed by atoms with van der Waals surface area (Å²) in [5, 5.41) is 11.2. The van der Waals surface area contributed by atoms with Crippen LogP contribution in [0.5, 0.6) is 5.75 Å². The molecule has 3 amide bonds. The first-order valence-electron chi connectivity index (χ1n) is 9.34. The minimum absolute atomic E-state index is 0.198. The summed E-state index contributed by atoms with van der Waals surface area (Å²) in [6.07, 6.45) is -6.10. The summed E-state index contributed by atoms with van der Waals surface area (Å²) in [4.78, 5) is 39.4. The summed E-state index contributed by atoms with van der Waals surface area (Å²) in [6.45, 7) is 5.85. The van der Waals surface area contributed by atoms with Crippen molar-refractivity contribution in [1.29, 1.82) is 0 Å². The molecule has 1 heterocycles. The largest absolute Gasteiger partial charge is 0.573 e. The molecule has 1 aliphatic heterocycles. The number of amides is 3. The predicted octanol–water partition coefficient (Wildman–Crippen LogP) is 2.55. The van der Waals surface area contributed by atoms with E-state index < -0.39 is 24.2 Å². The highest BCUT2D eigenvalue weighted by Gasteiger charge is 2.35. The number of nitrogens with one attached hydrogen (secondary N) is 1. The molecule has 0 unspecified atom stereocenters. The van der Waals surface area contributed by atoms with E-state index in [0.29, 0.717) is 0 Å². The lowest BCUT2D eigenvalue weighted by atomic mass is 10.0. The lowest BCUT2D eigenvalue weighted by Crippen LogP contribution is -2.59. The molecule has 1 aliphatic rings. The number of halogens is 3. The van der Waals surface area contributed by atoms with Crippen LogP contribution in [-0.2, 0) is 4.79 Å². The molecule has 166 valence electrons. The molecule has 1 fully saturated rings. The second-order valence-corrected chi connectivity index (χ2v) is 7.38. The molecule has 0 radical (unpaired) electrons. The molecular formula is C19H24F3N3O5. The second kappa shape index (κ2) is 9.23. The van der Waals surface area contributed by atoms with Gasteiger partial charge in [0.15, 0.2) is 0 Å². The predicted molar refractivity (Wildman–Crippen MR) is 100.0 cm³/mol. The maximum Gasteiger partial charge on any atom is 0.573 e. The summed E-state index contributed by atoms with van der Waals surface area (Å²) in [5.74, 6) is -1.41. The van der Waals surface area contributed by atoms with Crippen LogP contribution in [0.25, 0.3) is 0 Å². The van der Waals surface area contributed by atoms with E-state index in [4.69, 9.17) is 5.11 Å². The van der Waals surface area contributed by atoms with Gasteiger partial charge < -0.3 is 25.0 Å². The number of ether oxygens (including phenoxy) is 1. The molecule has 2 N–H and O–H groups in total. The van der Waals surface area contributed by atoms with Crippen LogP contribution in [0.2, 0.25) is 0 Å². The minimum Gasteiger partial charge on any atom is -0.465 e. The van der Waals surface area contributed by atoms with E-state index >= 15 is 0 Å².